The van der Waals surface area contributed by atoms with Crippen LogP contribution in [0.1, 0.15) is 6.92 Å². The summed E-state index contributed by atoms with van der Waals surface area (Å²) < 4.78 is 0. The molecule has 0 heterocycles. The molecule has 2 aromatic carbocycles. The average Bonchev–Trinajstić information content (AvgIpc) is 2.50. The average molecular weight is 285 g/mol. The molecule has 0 aliphatic carbocycles. The topological polar surface area (TPSA) is 18.5 Å². The van der Waals surface area contributed by atoms with Crippen molar-refractivity contribution >= 4 is 16.5 Å². The molecule has 0 aliphatic rings. The molecule has 0 bridgehead atoms. The van der Waals surface area contributed by atoms with Gasteiger partial charge in [-0.2, -0.15) is 0 Å². The van der Waals surface area contributed by atoms with Crippen molar-refractivity contribution in [3.05, 3.63) is 42.5 Å². The van der Waals surface area contributed by atoms with Gasteiger partial charge in [0.05, 0.1) is 0 Å². The Morgan fingerprint density at radius 3 is 2.38 bits per heavy atom. The first kappa shape index (κ1) is 15.8. The molecule has 3 nitrogen and oxygen atoms in total. The SMILES string of the molecule is CCN(CCNCCN(C)C)c1cccc2ccccc12. The molecule has 2 rings (SSSR count). The zero-order chi connectivity index (χ0) is 15.1. The first-order valence-corrected chi connectivity index (χ1v) is 7.80. The van der Waals surface area contributed by atoms with Gasteiger partial charge in [0, 0.05) is 43.8 Å². The zero-order valence-corrected chi connectivity index (χ0v) is 13.5. The molecule has 0 atom stereocenters. The lowest BCUT2D eigenvalue weighted by atomic mass is 10.1. The summed E-state index contributed by atoms with van der Waals surface area (Å²) >= 11 is 0. The molecule has 0 aliphatic heterocycles. The molecule has 114 valence electrons. The molecule has 0 spiro atoms. The van der Waals surface area contributed by atoms with Crippen molar-refractivity contribution in [2.24, 2.45) is 0 Å². The van der Waals surface area contributed by atoms with Crippen molar-refractivity contribution in [1.29, 1.82) is 0 Å². The van der Waals surface area contributed by atoms with Crippen LogP contribution in [-0.2, 0) is 0 Å². The molecular weight excluding hydrogens is 258 g/mol. The Kier molecular flexibility index (Phi) is 6.03. The maximum Gasteiger partial charge on any atom is 0.0446 e. The third-order valence-electron chi connectivity index (χ3n) is 3.78. The van der Waals surface area contributed by atoms with Gasteiger partial charge in [0.2, 0.25) is 0 Å². The minimum atomic E-state index is 1.02. The number of rotatable bonds is 8. The third-order valence-corrected chi connectivity index (χ3v) is 3.78. The van der Waals surface area contributed by atoms with Crippen LogP contribution in [0.25, 0.3) is 10.8 Å². The van der Waals surface area contributed by atoms with Crippen LogP contribution in [0.5, 0.6) is 0 Å². The van der Waals surface area contributed by atoms with Crippen LogP contribution in [0.15, 0.2) is 42.5 Å². The Labute approximate surface area is 128 Å². The van der Waals surface area contributed by atoms with E-state index in [2.05, 4.69) is 78.6 Å². The summed E-state index contributed by atoms with van der Waals surface area (Å²) in [4.78, 5) is 4.65. The Morgan fingerprint density at radius 2 is 1.62 bits per heavy atom. The van der Waals surface area contributed by atoms with Gasteiger partial charge in [-0.3, -0.25) is 0 Å². The van der Waals surface area contributed by atoms with E-state index in [0.717, 1.165) is 32.7 Å². The highest BCUT2D eigenvalue weighted by atomic mass is 15.1. The monoisotopic (exact) mass is 285 g/mol. The van der Waals surface area contributed by atoms with Crippen LogP contribution in [-0.4, -0.2) is 51.7 Å². The van der Waals surface area contributed by atoms with Crippen LogP contribution >= 0.6 is 0 Å². The molecule has 3 heteroatoms. The van der Waals surface area contributed by atoms with E-state index in [-0.39, 0.29) is 0 Å². The van der Waals surface area contributed by atoms with Crippen LogP contribution in [0.4, 0.5) is 5.69 Å². The Morgan fingerprint density at radius 1 is 0.905 bits per heavy atom. The maximum atomic E-state index is 3.52. The van der Waals surface area contributed by atoms with E-state index in [1.54, 1.807) is 0 Å². The summed E-state index contributed by atoms with van der Waals surface area (Å²) in [6, 6.07) is 15.2. The van der Waals surface area contributed by atoms with Crippen LogP contribution in [0.2, 0.25) is 0 Å². The highest BCUT2D eigenvalue weighted by Gasteiger charge is 2.07. The quantitative estimate of drug-likeness (QED) is 0.752. The molecule has 0 saturated heterocycles. The van der Waals surface area contributed by atoms with E-state index in [9.17, 15) is 0 Å². The summed E-state index contributed by atoms with van der Waals surface area (Å²) in [7, 11) is 4.21. The smallest absolute Gasteiger partial charge is 0.0446 e. The van der Waals surface area contributed by atoms with E-state index >= 15 is 0 Å². The fourth-order valence-electron chi connectivity index (χ4n) is 2.57. The van der Waals surface area contributed by atoms with Crippen LogP contribution in [0, 0.1) is 0 Å². The molecule has 0 saturated carbocycles. The van der Waals surface area contributed by atoms with E-state index in [0.29, 0.717) is 0 Å². The first-order chi connectivity index (χ1) is 10.2. The number of benzene rings is 2. The molecule has 0 amide bonds. The second-order valence-electron chi connectivity index (χ2n) is 5.63. The largest absolute Gasteiger partial charge is 0.370 e. The van der Waals surface area contributed by atoms with Gasteiger partial charge in [0.25, 0.3) is 0 Å². The van der Waals surface area contributed by atoms with Crippen molar-refractivity contribution < 1.29 is 0 Å². The summed E-state index contributed by atoms with van der Waals surface area (Å²) in [5, 5.41) is 6.17. The van der Waals surface area contributed by atoms with Crippen molar-refractivity contribution in [3.8, 4) is 0 Å². The minimum absolute atomic E-state index is 1.02. The Balaban J connectivity index is 1.99. The number of anilines is 1. The molecule has 0 aromatic heterocycles. The summed E-state index contributed by atoms with van der Waals surface area (Å²) in [5.74, 6) is 0. The minimum Gasteiger partial charge on any atom is -0.370 e. The number of nitrogens with one attached hydrogen (secondary N) is 1. The molecular formula is C18H27N3. The lowest BCUT2D eigenvalue weighted by Gasteiger charge is -2.25. The lowest BCUT2D eigenvalue weighted by Crippen LogP contribution is -2.35. The zero-order valence-electron chi connectivity index (χ0n) is 13.5. The molecule has 0 fully saturated rings. The number of hydrogen-bond acceptors (Lipinski definition) is 3. The summed E-state index contributed by atoms with van der Waals surface area (Å²) in [6.45, 7) is 7.44. The van der Waals surface area contributed by atoms with E-state index in [4.69, 9.17) is 0 Å². The number of likely N-dealkylation sites (N-methyl/N-ethyl adjacent to an activating group) is 2. The lowest BCUT2D eigenvalue weighted by molar-refractivity contribution is 0.401. The molecule has 0 unspecified atom stereocenters. The van der Waals surface area contributed by atoms with Gasteiger partial charge in [-0.25, -0.2) is 0 Å². The van der Waals surface area contributed by atoms with E-state index < -0.39 is 0 Å². The van der Waals surface area contributed by atoms with Crippen LogP contribution < -0.4 is 10.2 Å². The normalized spacial score (nSPS) is 11.2. The second-order valence-corrected chi connectivity index (χ2v) is 5.63. The molecule has 2 aromatic rings. The number of nitrogens with zero attached hydrogens (tertiary/aromatic N) is 2. The Bertz CT molecular complexity index is 546. The highest BCUT2D eigenvalue weighted by Crippen LogP contribution is 2.26. The van der Waals surface area contributed by atoms with Gasteiger partial charge >= 0.3 is 0 Å². The van der Waals surface area contributed by atoms with Crippen molar-refractivity contribution in [2.75, 3.05) is 51.7 Å². The second kappa shape index (κ2) is 8.01. The predicted molar refractivity (Wildman–Crippen MR) is 93.3 cm³/mol. The molecule has 0 radical (unpaired) electrons. The number of fused-ring (bicyclic) bond motifs is 1. The van der Waals surface area contributed by atoms with Crippen molar-refractivity contribution in [3.63, 3.8) is 0 Å². The van der Waals surface area contributed by atoms with Gasteiger partial charge < -0.3 is 15.1 Å². The van der Waals surface area contributed by atoms with Gasteiger partial charge in [-0.1, -0.05) is 36.4 Å². The van der Waals surface area contributed by atoms with Crippen molar-refractivity contribution in [1.82, 2.24) is 10.2 Å². The van der Waals surface area contributed by atoms with Crippen LogP contribution in [0.3, 0.4) is 0 Å². The standard InChI is InChI=1S/C18H27N3/c1-4-21(15-13-19-12-14-20(2)3)18-11-7-9-16-8-5-6-10-17(16)18/h5-11,19H,4,12-15H2,1-3H3. The molecule has 21 heavy (non-hydrogen) atoms. The summed E-state index contributed by atoms with van der Waals surface area (Å²) in [6.07, 6.45) is 0. The fourth-order valence-corrected chi connectivity index (χ4v) is 2.57. The Hall–Kier alpha value is -1.58. The van der Waals surface area contributed by atoms with Gasteiger partial charge in [0.1, 0.15) is 0 Å². The fraction of sp³-hybridized carbons (Fsp3) is 0.444. The number of hydrogen-bond donors (Lipinski definition) is 1. The summed E-state index contributed by atoms with van der Waals surface area (Å²) in [5.41, 5.74) is 1.34. The van der Waals surface area contributed by atoms with E-state index in [1.807, 2.05) is 0 Å². The van der Waals surface area contributed by atoms with Crippen molar-refractivity contribution in [2.45, 2.75) is 6.92 Å². The van der Waals surface area contributed by atoms with Gasteiger partial charge in [-0.15, -0.1) is 0 Å². The third kappa shape index (κ3) is 4.45. The maximum absolute atomic E-state index is 3.52. The van der Waals surface area contributed by atoms with Gasteiger partial charge in [-0.05, 0) is 32.5 Å². The molecule has 1 N–H and O–H groups in total. The first-order valence-electron chi connectivity index (χ1n) is 7.80. The van der Waals surface area contributed by atoms with Gasteiger partial charge in [0.15, 0.2) is 0 Å². The predicted octanol–water partition coefficient (Wildman–Crippen LogP) is 2.82. The van der Waals surface area contributed by atoms with E-state index in [1.165, 1.54) is 16.5 Å². The highest BCUT2D eigenvalue weighted by molar-refractivity contribution is 5.94.